The molecule has 438 valence electrons. The van der Waals surface area contributed by atoms with E-state index >= 15 is 4.79 Å². The standard InChI is InChI=1S/C54H71O12.3C4H9.Sn/c1-8-27-51(3)47(33-52(4)44(65-51)32-43-53(5,66-52)36-59-50(63-43)39-24-17-12-18-25-39)62-48(55)31-42-41(61-49(9-2)56-7)30-46-54(6,64-42)45(58-35-38-22-15-11-16-23-38)29-40(60-46)26-19-28-57-34-37-20-13-10-14-21-37;3*1-3-4-2;/h8,10-18,20-25,40-47,49-50H,1-2,9,19,26-36H2,3-7H3;3*1,3-4H2,2H3;/t40-,41+,42-,43+,44-,45+,46-,47-,49?,50-,51+,52+,53-,54+;;;;/m1..../s1. The fourth-order valence-electron chi connectivity index (χ4n) is 13.5. The van der Waals surface area contributed by atoms with Crippen molar-refractivity contribution in [2.75, 3.05) is 20.3 Å². The van der Waals surface area contributed by atoms with Crippen molar-refractivity contribution in [1.29, 1.82) is 0 Å². The SMILES string of the molecule is C=CC[C@]1(C)O[C@@H]2C[C@@H]3O[C@H](c4ccccc4)OC[C@@]3(C)O[C@@]2(C)C[C@H]1OC(=O)C[C@H]1O[C@@]2(C)[C@@H](OCc3ccccc3)C[C@@H](CCCOCc3ccccc3)O[C@@H]2C[C@@H]1OC(C[CH2][Sn]([CH2]CCC)([CH2]CCC)[CH2]CCC)OC. The zero-order valence-electron chi connectivity index (χ0n) is 49.4. The van der Waals surface area contributed by atoms with Gasteiger partial charge in [0.1, 0.15) is 5.60 Å². The summed E-state index contributed by atoms with van der Waals surface area (Å²) in [6.45, 7) is 21.3. The van der Waals surface area contributed by atoms with Crippen LogP contribution in [0.3, 0.4) is 0 Å². The molecule has 5 fully saturated rings. The Hall–Kier alpha value is -2.73. The quantitative estimate of drug-likeness (QED) is 0.0208. The summed E-state index contributed by atoms with van der Waals surface area (Å²) in [5.41, 5.74) is -0.138. The third-order valence-corrected chi connectivity index (χ3v) is 34.3. The van der Waals surface area contributed by atoms with Crippen molar-refractivity contribution in [1.82, 2.24) is 0 Å². The molecule has 5 heterocycles. The summed E-state index contributed by atoms with van der Waals surface area (Å²) in [5, 5.41) is 0. The van der Waals surface area contributed by atoms with Crippen LogP contribution in [0.25, 0.3) is 0 Å². The third-order valence-electron chi connectivity index (χ3n) is 18.3. The van der Waals surface area contributed by atoms with Gasteiger partial charge in [-0.1, -0.05) is 97.1 Å². The van der Waals surface area contributed by atoms with Gasteiger partial charge in [0.25, 0.3) is 0 Å². The molecule has 0 aliphatic carbocycles. The van der Waals surface area contributed by atoms with Crippen LogP contribution in [-0.4, -0.2) is 122 Å². The number of benzene rings is 3. The van der Waals surface area contributed by atoms with Gasteiger partial charge in [-0.2, -0.15) is 0 Å². The van der Waals surface area contributed by atoms with Crippen LogP contribution in [0, 0.1) is 0 Å². The Labute approximate surface area is 478 Å². The van der Waals surface area contributed by atoms with Gasteiger partial charge in [0, 0.05) is 12.0 Å². The van der Waals surface area contributed by atoms with Crippen LogP contribution in [0.5, 0.6) is 0 Å². The normalized spacial score (nSPS) is 33.0. The monoisotopic (exact) mass is 1200 g/mol. The van der Waals surface area contributed by atoms with E-state index in [0.29, 0.717) is 58.5 Å². The van der Waals surface area contributed by atoms with Crippen LogP contribution < -0.4 is 0 Å². The summed E-state index contributed by atoms with van der Waals surface area (Å²) in [6.07, 6.45) is 10.2. The van der Waals surface area contributed by atoms with E-state index in [1.807, 2.05) is 79.7 Å². The summed E-state index contributed by atoms with van der Waals surface area (Å²) in [5.74, 6) is -0.392. The average molecular weight is 1200 g/mol. The minimum absolute atomic E-state index is 0.0479. The van der Waals surface area contributed by atoms with Crippen LogP contribution in [0.2, 0.25) is 17.7 Å². The molecule has 79 heavy (non-hydrogen) atoms. The van der Waals surface area contributed by atoms with Crippen molar-refractivity contribution in [2.45, 2.75) is 260 Å². The Morgan fingerprint density at radius 1 is 0.734 bits per heavy atom. The van der Waals surface area contributed by atoms with Gasteiger partial charge < -0.3 is 18.9 Å². The fourth-order valence-corrected chi connectivity index (χ4v) is 29.6. The van der Waals surface area contributed by atoms with Crippen LogP contribution >= 0.6 is 0 Å². The van der Waals surface area contributed by atoms with Crippen molar-refractivity contribution < 1.29 is 56.9 Å². The van der Waals surface area contributed by atoms with E-state index in [1.54, 1.807) is 7.11 Å². The zero-order valence-corrected chi connectivity index (χ0v) is 52.2. The average Bonchev–Trinajstić information content (AvgIpc) is 3.62. The van der Waals surface area contributed by atoms with Gasteiger partial charge in [-0.25, -0.2) is 0 Å². The van der Waals surface area contributed by atoms with E-state index in [2.05, 4.69) is 72.4 Å². The predicted octanol–water partition coefficient (Wildman–Crippen LogP) is 14.3. The molecule has 0 spiro atoms. The fraction of sp³-hybridized carbons (Fsp3) is 0.682. The molecule has 0 amide bonds. The summed E-state index contributed by atoms with van der Waals surface area (Å²) >= 11 is -2.59. The van der Waals surface area contributed by atoms with Crippen LogP contribution in [0.4, 0.5) is 0 Å². The van der Waals surface area contributed by atoms with E-state index in [-0.39, 0.29) is 36.9 Å². The number of rotatable bonds is 30. The topological polar surface area (TPSA) is 119 Å². The first-order valence-electron chi connectivity index (χ1n) is 30.5. The van der Waals surface area contributed by atoms with E-state index in [4.69, 9.17) is 52.1 Å². The summed E-state index contributed by atoms with van der Waals surface area (Å²) in [4.78, 5) is 15.0. The number of esters is 1. The van der Waals surface area contributed by atoms with Crippen molar-refractivity contribution in [2.24, 2.45) is 0 Å². The van der Waals surface area contributed by atoms with E-state index < -0.39 is 77.6 Å². The first-order valence-corrected chi connectivity index (χ1v) is 38.5. The van der Waals surface area contributed by atoms with Gasteiger partial charge in [0.2, 0.25) is 0 Å². The van der Waals surface area contributed by atoms with Crippen LogP contribution in [0.1, 0.15) is 168 Å². The van der Waals surface area contributed by atoms with Crippen molar-refractivity contribution >= 4 is 24.3 Å². The number of ether oxygens (including phenoxy) is 11. The Morgan fingerprint density at radius 3 is 2.01 bits per heavy atom. The van der Waals surface area contributed by atoms with E-state index in [1.165, 1.54) is 56.3 Å². The molecule has 0 aromatic heterocycles. The van der Waals surface area contributed by atoms with Gasteiger partial charge in [0.15, 0.2) is 6.29 Å². The van der Waals surface area contributed by atoms with Crippen LogP contribution in [0.15, 0.2) is 104 Å². The van der Waals surface area contributed by atoms with Gasteiger partial charge in [-0.15, -0.1) is 6.58 Å². The number of carbonyl (C=O) groups excluding carboxylic acids is 1. The van der Waals surface area contributed by atoms with Gasteiger partial charge >= 0.3 is 290 Å². The molecule has 3 aromatic rings. The molecule has 3 aromatic carbocycles. The molecule has 8 rings (SSSR count). The molecule has 0 bridgehead atoms. The van der Waals surface area contributed by atoms with E-state index in [9.17, 15) is 0 Å². The van der Waals surface area contributed by atoms with Crippen molar-refractivity contribution in [3.63, 3.8) is 0 Å². The summed E-state index contributed by atoms with van der Waals surface area (Å²) in [7, 11) is 1.77. The summed E-state index contributed by atoms with van der Waals surface area (Å²) in [6, 6.07) is 30.6. The number of methoxy groups -OCH3 is 1. The Bertz CT molecular complexity index is 2270. The number of carbonyl (C=O) groups is 1. The second-order valence-corrected chi connectivity index (χ2v) is 38.9. The third kappa shape index (κ3) is 16.1. The molecule has 12 nitrogen and oxygen atoms in total. The Balaban J connectivity index is 1.03. The number of hydrogen-bond acceptors (Lipinski definition) is 12. The van der Waals surface area contributed by atoms with Crippen molar-refractivity contribution in [3.05, 3.63) is 120 Å². The zero-order chi connectivity index (χ0) is 55.9. The molecule has 0 saturated carbocycles. The maximum atomic E-state index is 15.0. The molecular weight excluding hydrogens is 1100 g/mol. The number of unbranched alkanes of at least 4 members (excludes halogenated alkanes) is 3. The second kappa shape index (κ2) is 29.2. The molecule has 5 aliphatic heterocycles. The van der Waals surface area contributed by atoms with Gasteiger partial charge in [0.05, 0.1) is 25.4 Å². The molecule has 5 aliphatic rings. The molecule has 13 heteroatoms. The minimum atomic E-state index is -2.59. The van der Waals surface area contributed by atoms with Gasteiger partial charge in [-0.05, 0) is 19.4 Å². The molecule has 0 radical (unpaired) electrons. The first-order chi connectivity index (χ1) is 38.2. The maximum absolute atomic E-state index is 15.0. The summed E-state index contributed by atoms with van der Waals surface area (Å²) < 4.78 is 80.6. The Morgan fingerprint density at radius 2 is 1.38 bits per heavy atom. The van der Waals surface area contributed by atoms with Crippen LogP contribution in [-0.2, 0) is 70.1 Å². The number of fused-ring (bicyclic) bond motifs is 3. The number of hydrogen-bond donors (Lipinski definition) is 0. The first kappa shape index (κ1) is 62.3. The Kier molecular flexibility index (Phi) is 23.0. The molecule has 5 saturated heterocycles. The van der Waals surface area contributed by atoms with Gasteiger partial charge in [-0.3, -0.25) is 0 Å². The second-order valence-electron chi connectivity index (χ2n) is 24.7. The molecule has 0 N–H and O–H groups in total. The van der Waals surface area contributed by atoms with Crippen molar-refractivity contribution in [3.8, 4) is 0 Å². The molecular formula is C66H98O12Sn. The van der Waals surface area contributed by atoms with E-state index in [0.717, 1.165) is 36.0 Å². The predicted molar refractivity (Wildman–Crippen MR) is 311 cm³/mol. The molecule has 1 unspecified atom stereocenters. The molecule has 14 atom stereocenters.